The minimum atomic E-state index is -0.534. The molecule has 0 saturated heterocycles. The van der Waals surface area contributed by atoms with Gasteiger partial charge in [0.25, 0.3) is 0 Å². The van der Waals surface area contributed by atoms with E-state index < -0.39 is 5.92 Å². The number of aromatic nitrogens is 2. The van der Waals surface area contributed by atoms with Gasteiger partial charge in [0.1, 0.15) is 17.8 Å². The molecule has 1 atom stereocenters. The smallest absolute Gasteiger partial charge is 0.159 e. The van der Waals surface area contributed by atoms with E-state index in [1.807, 2.05) is 49.4 Å². The van der Waals surface area contributed by atoms with Gasteiger partial charge in [-0.15, -0.1) is 0 Å². The fraction of sp³-hybridized carbons (Fsp3) is 0.115. The van der Waals surface area contributed by atoms with Crippen molar-refractivity contribution < 1.29 is 4.74 Å². The van der Waals surface area contributed by atoms with Crippen LogP contribution in [0.1, 0.15) is 22.6 Å². The van der Waals surface area contributed by atoms with Crippen molar-refractivity contribution >= 4 is 51.9 Å². The summed E-state index contributed by atoms with van der Waals surface area (Å²) in [7, 11) is 1.59. The van der Waals surface area contributed by atoms with E-state index in [0.717, 1.165) is 16.8 Å². The maximum atomic E-state index is 9.84. The van der Waals surface area contributed by atoms with Gasteiger partial charge in [-0.25, -0.2) is 9.97 Å². The number of rotatable bonds is 7. The van der Waals surface area contributed by atoms with E-state index in [0.29, 0.717) is 44.4 Å². The number of methoxy groups -OCH3 is 1. The number of ether oxygens (including phenoxy) is 1. The Morgan fingerprint density at radius 3 is 2.29 bits per heavy atom. The average molecular weight is 505 g/mol. The molecule has 176 valence electrons. The lowest BCUT2D eigenvalue weighted by molar-refractivity contribution is 0.417. The lowest BCUT2D eigenvalue weighted by Gasteiger charge is -2.18. The molecule has 1 heterocycles. The number of nitriles is 1. The summed E-state index contributed by atoms with van der Waals surface area (Å²) in [4.78, 5) is 8.56. The zero-order valence-corrected chi connectivity index (χ0v) is 20.5. The maximum Gasteiger partial charge on any atom is 0.159 e. The van der Waals surface area contributed by atoms with Gasteiger partial charge < -0.3 is 21.1 Å². The highest BCUT2D eigenvalue weighted by Gasteiger charge is 2.19. The normalized spacial score (nSPS) is 11.4. The van der Waals surface area contributed by atoms with Crippen molar-refractivity contribution in [3.8, 4) is 11.8 Å². The molecule has 35 heavy (non-hydrogen) atoms. The van der Waals surface area contributed by atoms with Crippen molar-refractivity contribution in [3.05, 3.63) is 93.7 Å². The molecule has 1 aromatic heterocycles. The second-order valence-electron chi connectivity index (χ2n) is 7.74. The maximum absolute atomic E-state index is 9.84. The fourth-order valence-electron chi connectivity index (χ4n) is 3.64. The molecule has 9 heteroatoms. The average Bonchev–Trinajstić information content (AvgIpc) is 2.86. The van der Waals surface area contributed by atoms with E-state index >= 15 is 0 Å². The molecule has 0 aliphatic heterocycles. The molecule has 0 amide bonds. The van der Waals surface area contributed by atoms with Gasteiger partial charge in [0.2, 0.25) is 0 Å². The number of nitrogens with one attached hydrogen (secondary N) is 2. The number of nitrogen functional groups attached to an aromatic ring is 1. The van der Waals surface area contributed by atoms with Gasteiger partial charge in [-0.2, -0.15) is 5.26 Å². The predicted octanol–water partition coefficient (Wildman–Crippen LogP) is 6.83. The van der Waals surface area contributed by atoms with Gasteiger partial charge >= 0.3 is 0 Å². The molecule has 0 bridgehead atoms. The van der Waals surface area contributed by atoms with Crippen LogP contribution in [0.25, 0.3) is 0 Å². The van der Waals surface area contributed by atoms with Crippen molar-refractivity contribution in [2.45, 2.75) is 12.8 Å². The molecule has 3 aromatic carbocycles. The molecule has 7 nitrogen and oxygen atoms in total. The first-order chi connectivity index (χ1) is 16.9. The number of aryl methyl sites for hydroxylation is 1. The first kappa shape index (κ1) is 24.1. The van der Waals surface area contributed by atoms with Gasteiger partial charge in [0.05, 0.1) is 24.8 Å². The Labute approximate surface area is 213 Å². The summed E-state index contributed by atoms with van der Waals surface area (Å²) in [5, 5.41) is 17.3. The number of hydrogen-bond acceptors (Lipinski definition) is 7. The van der Waals surface area contributed by atoms with Crippen LogP contribution in [-0.2, 0) is 0 Å². The van der Waals surface area contributed by atoms with Crippen LogP contribution in [0.4, 0.5) is 28.7 Å². The van der Waals surface area contributed by atoms with E-state index in [1.165, 1.54) is 6.33 Å². The van der Waals surface area contributed by atoms with Gasteiger partial charge in [-0.3, -0.25) is 0 Å². The second kappa shape index (κ2) is 10.5. The minimum absolute atomic E-state index is 0.328. The van der Waals surface area contributed by atoms with Crippen molar-refractivity contribution in [2.75, 3.05) is 23.5 Å². The van der Waals surface area contributed by atoms with Gasteiger partial charge in [0.15, 0.2) is 11.6 Å². The van der Waals surface area contributed by atoms with E-state index in [4.69, 9.17) is 33.7 Å². The second-order valence-corrected chi connectivity index (χ2v) is 8.58. The summed E-state index contributed by atoms with van der Waals surface area (Å²) in [5.74, 6) is 0.970. The number of hydrogen-bond donors (Lipinski definition) is 3. The zero-order valence-electron chi connectivity index (χ0n) is 19.0. The Balaban J connectivity index is 1.62. The third kappa shape index (κ3) is 5.24. The SMILES string of the molecule is COc1ccccc1Nc1ncnc(Nc2cc(Cl)c(C(C#N)c3ccc(Cl)cc3)cc2C)c1N. The lowest BCUT2D eigenvalue weighted by atomic mass is 9.91. The van der Waals surface area contributed by atoms with E-state index in [-0.39, 0.29) is 0 Å². The summed E-state index contributed by atoms with van der Waals surface area (Å²) in [6, 6.07) is 20.6. The Hall–Kier alpha value is -3.99. The Bertz CT molecular complexity index is 1400. The summed E-state index contributed by atoms with van der Waals surface area (Å²) in [6.07, 6.45) is 1.41. The monoisotopic (exact) mass is 504 g/mol. The Morgan fingerprint density at radius 1 is 0.971 bits per heavy atom. The van der Waals surface area contributed by atoms with E-state index in [2.05, 4.69) is 26.7 Å². The van der Waals surface area contributed by atoms with Crippen LogP contribution in [0, 0.1) is 18.3 Å². The number of nitrogens with zero attached hydrogens (tertiary/aromatic N) is 3. The van der Waals surface area contributed by atoms with Crippen LogP contribution in [0.5, 0.6) is 5.75 Å². The molecule has 0 spiro atoms. The van der Waals surface area contributed by atoms with Crippen molar-refractivity contribution in [2.24, 2.45) is 0 Å². The number of anilines is 5. The van der Waals surface area contributed by atoms with Crippen LogP contribution in [0.2, 0.25) is 10.0 Å². The number of nitrogens with two attached hydrogens (primary N) is 1. The molecule has 4 rings (SSSR count). The number of halogens is 2. The fourth-order valence-corrected chi connectivity index (χ4v) is 4.04. The highest BCUT2D eigenvalue weighted by atomic mass is 35.5. The van der Waals surface area contributed by atoms with Crippen molar-refractivity contribution in [3.63, 3.8) is 0 Å². The molecule has 0 aliphatic carbocycles. The molecular formula is C26H22Cl2N6O. The highest BCUT2D eigenvalue weighted by molar-refractivity contribution is 6.32. The lowest BCUT2D eigenvalue weighted by Crippen LogP contribution is -2.07. The molecule has 4 aromatic rings. The zero-order chi connectivity index (χ0) is 24.9. The first-order valence-electron chi connectivity index (χ1n) is 10.6. The summed E-state index contributed by atoms with van der Waals surface area (Å²) < 4.78 is 5.38. The van der Waals surface area contributed by atoms with Crippen molar-refractivity contribution in [1.29, 1.82) is 5.26 Å². The molecule has 0 fully saturated rings. The van der Waals surface area contributed by atoms with Gasteiger partial charge in [0, 0.05) is 15.7 Å². The number of para-hydroxylation sites is 2. The summed E-state index contributed by atoms with van der Waals surface area (Å²) in [5.41, 5.74) is 10.5. The van der Waals surface area contributed by atoms with Crippen LogP contribution in [-0.4, -0.2) is 17.1 Å². The Kier molecular flexibility index (Phi) is 7.25. The molecule has 0 aliphatic rings. The highest BCUT2D eigenvalue weighted by Crippen LogP contribution is 2.37. The van der Waals surface area contributed by atoms with Gasteiger partial charge in [-0.1, -0.05) is 53.5 Å². The number of benzene rings is 3. The van der Waals surface area contributed by atoms with Crippen LogP contribution in [0.3, 0.4) is 0 Å². The van der Waals surface area contributed by atoms with E-state index in [9.17, 15) is 5.26 Å². The standard InChI is InChI=1S/C26H22Cl2N6O/c1-15-11-18(19(13-29)16-7-9-17(27)10-8-16)20(28)12-22(15)34-26-24(30)25(31-14-32-26)33-21-5-3-4-6-23(21)35-2/h3-12,14,19H,30H2,1-2H3,(H2,31,32,33,34). The molecular weight excluding hydrogens is 483 g/mol. The van der Waals surface area contributed by atoms with Gasteiger partial charge in [-0.05, 0) is 53.9 Å². The van der Waals surface area contributed by atoms with Crippen molar-refractivity contribution in [1.82, 2.24) is 9.97 Å². The molecule has 1 unspecified atom stereocenters. The van der Waals surface area contributed by atoms with Crippen LogP contribution >= 0.6 is 23.2 Å². The third-order valence-corrected chi connectivity index (χ3v) is 6.06. The molecule has 0 saturated carbocycles. The summed E-state index contributed by atoms with van der Waals surface area (Å²) >= 11 is 12.6. The molecule has 0 radical (unpaired) electrons. The van der Waals surface area contributed by atoms with Crippen LogP contribution in [0.15, 0.2) is 67.0 Å². The van der Waals surface area contributed by atoms with E-state index in [1.54, 1.807) is 25.3 Å². The first-order valence-corrected chi connectivity index (χ1v) is 11.4. The quantitative estimate of drug-likeness (QED) is 0.253. The molecule has 4 N–H and O–H groups in total. The minimum Gasteiger partial charge on any atom is -0.495 e. The summed E-state index contributed by atoms with van der Waals surface area (Å²) in [6.45, 7) is 1.92. The van der Waals surface area contributed by atoms with Crippen LogP contribution < -0.4 is 21.1 Å². The Morgan fingerprint density at radius 2 is 1.63 bits per heavy atom. The predicted molar refractivity (Wildman–Crippen MR) is 141 cm³/mol. The third-order valence-electron chi connectivity index (χ3n) is 5.48. The topological polar surface area (TPSA) is 109 Å². The largest absolute Gasteiger partial charge is 0.495 e.